The number of rotatable bonds is 7. The van der Waals surface area contributed by atoms with Gasteiger partial charge in [0, 0.05) is 17.8 Å². The zero-order valence-electron chi connectivity index (χ0n) is 18.4. The van der Waals surface area contributed by atoms with Crippen molar-refractivity contribution in [2.75, 3.05) is 14.2 Å². The van der Waals surface area contributed by atoms with Gasteiger partial charge in [-0.05, 0) is 65.1 Å². The van der Waals surface area contributed by atoms with E-state index in [9.17, 15) is 14.3 Å². The van der Waals surface area contributed by atoms with Crippen molar-refractivity contribution in [2.24, 2.45) is 0 Å². The van der Waals surface area contributed by atoms with Crippen LogP contribution in [0, 0.1) is 5.95 Å². The topological polar surface area (TPSA) is 93.8 Å². The Kier molecular flexibility index (Phi) is 6.17. The first-order valence-corrected chi connectivity index (χ1v) is 10.2. The average molecular weight is 450 g/mol. The molecule has 0 unspecified atom stereocenters. The van der Waals surface area contributed by atoms with Gasteiger partial charge in [0.15, 0.2) is 11.5 Å². The van der Waals surface area contributed by atoms with Crippen molar-refractivity contribution < 1.29 is 28.2 Å². The van der Waals surface area contributed by atoms with Crippen molar-refractivity contribution in [3.8, 4) is 17.2 Å². The van der Waals surface area contributed by atoms with E-state index >= 15 is 0 Å². The summed E-state index contributed by atoms with van der Waals surface area (Å²) in [5, 5.41) is 13.0. The highest BCUT2D eigenvalue weighted by atomic mass is 19.1. The third-order valence-corrected chi connectivity index (χ3v) is 5.53. The number of amides is 1. The van der Waals surface area contributed by atoms with Crippen molar-refractivity contribution in [1.29, 1.82) is 0 Å². The van der Waals surface area contributed by atoms with E-state index in [0.29, 0.717) is 28.0 Å². The molecule has 1 aromatic carbocycles. The quantitative estimate of drug-likeness (QED) is 0.512. The Balaban J connectivity index is 1.70. The molecule has 0 bridgehead atoms. The number of carbonyl (C=O) groups is 1. The summed E-state index contributed by atoms with van der Waals surface area (Å²) >= 11 is 0. The molecule has 0 spiro atoms. The number of hydrogen-bond acceptors (Lipinski definition) is 6. The summed E-state index contributed by atoms with van der Waals surface area (Å²) in [6.07, 6.45) is 4.94. The lowest BCUT2D eigenvalue weighted by Gasteiger charge is -2.10. The first kappa shape index (κ1) is 22.1. The fraction of sp³-hybridized carbons (Fsp3) is 0.200. The van der Waals surface area contributed by atoms with E-state index < -0.39 is 5.95 Å². The molecule has 2 heterocycles. The molecular formula is C25H23FN2O5. The van der Waals surface area contributed by atoms with Crippen LogP contribution in [0.25, 0.3) is 17.2 Å². The highest BCUT2D eigenvalue weighted by Crippen LogP contribution is 2.45. The smallest absolute Gasteiger partial charge is 0.224 e. The fourth-order valence-corrected chi connectivity index (χ4v) is 3.86. The van der Waals surface area contributed by atoms with Gasteiger partial charge in [0.1, 0.15) is 5.76 Å². The summed E-state index contributed by atoms with van der Waals surface area (Å²) in [4.78, 5) is 16.4. The standard InChI is InChI=1S/C25H23FN2O5/c1-14-17(7-15-8-21(31-2)25(30)22(9-15)32-3)20-13-27-23(26)10-19(20)18(14)11-24(29)28-12-16-5-4-6-33-16/h4-10,13,30H,11-12H2,1-3H3,(H,28,29)/b17-7-. The molecule has 0 atom stereocenters. The minimum absolute atomic E-state index is 0.0720. The van der Waals surface area contributed by atoms with Crippen LogP contribution in [0.2, 0.25) is 0 Å². The number of nitrogens with one attached hydrogen (secondary N) is 1. The summed E-state index contributed by atoms with van der Waals surface area (Å²) < 4.78 is 29.7. The second-order valence-corrected chi connectivity index (χ2v) is 7.52. The Morgan fingerprint density at radius 1 is 1.21 bits per heavy atom. The molecule has 2 N–H and O–H groups in total. The number of pyridine rings is 1. The third kappa shape index (κ3) is 4.45. The number of aromatic hydroxyl groups is 1. The normalized spacial score (nSPS) is 13.9. The molecule has 170 valence electrons. The summed E-state index contributed by atoms with van der Waals surface area (Å²) in [6.45, 7) is 2.15. The molecule has 0 fully saturated rings. The Hall–Kier alpha value is -4.07. The number of fused-ring (bicyclic) bond motifs is 1. The SMILES string of the molecule is COc1cc(/C=C2/C(C)=C(CC(=O)NCc3ccco3)c3cc(F)ncc32)cc(OC)c1O. The number of furan rings is 1. The van der Waals surface area contributed by atoms with Crippen LogP contribution in [0.4, 0.5) is 4.39 Å². The van der Waals surface area contributed by atoms with Crippen molar-refractivity contribution >= 4 is 23.1 Å². The zero-order chi connectivity index (χ0) is 23.5. The van der Waals surface area contributed by atoms with Gasteiger partial charge in [-0.2, -0.15) is 4.39 Å². The number of halogens is 1. The highest BCUT2D eigenvalue weighted by Gasteiger charge is 2.26. The summed E-state index contributed by atoms with van der Waals surface area (Å²) in [6, 6.07) is 8.21. The maximum Gasteiger partial charge on any atom is 0.224 e. The molecule has 0 radical (unpaired) electrons. The Bertz CT molecular complexity index is 1240. The monoisotopic (exact) mass is 450 g/mol. The number of carbonyl (C=O) groups excluding carboxylic acids is 1. The van der Waals surface area contributed by atoms with E-state index in [2.05, 4.69) is 10.3 Å². The first-order valence-electron chi connectivity index (χ1n) is 10.2. The van der Waals surface area contributed by atoms with Gasteiger partial charge in [0.05, 0.1) is 33.4 Å². The average Bonchev–Trinajstić information content (AvgIpc) is 3.41. The van der Waals surface area contributed by atoms with Gasteiger partial charge < -0.3 is 24.3 Å². The van der Waals surface area contributed by atoms with Crippen molar-refractivity contribution in [1.82, 2.24) is 10.3 Å². The molecule has 1 aliphatic rings. The number of benzene rings is 1. The molecule has 8 heteroatoms. The Morgan fingerprint density at radius 2 is 1.94 bits per heavy atom. The van der Waals surface area contributed by atoms with Crippen LogP contribution in [0.5, 0.6) is 17.2 Å². The number of nitrogens with zero attached hydrogens (tertiary/aromatic N) is 1. The van der Waals surface area contributed by atoms with Crippen LogP contribution in [0.3, 0.4) is 0 Å². The van der Waals surface area contributed by atoms with E-state index in [-0.39, 0.29) is 36.1 Å². The van der Waals surface area contributed by atoms with Crippen LogP contribution in [0.15, 0.2) is 52.8 Å². The summed E-state index contributed by atoms with van der Waals surface area (Å²) in [5.41, 5.74) is 4.38. The lowest BCUT2D eigenvalue weighted by atomic mass is 10.0. The number of hydrogen-bond donors (Lipinski definition) is 2. The largest absolute Gasteiger partial charge is 0.502 e. The number of aromatic nitrogens is 1. The van der Waals surface area contributed by atoms with Gasteiger partial charge in [0.25, 0.3) is 0 Å². The predicted octanol–water partition coefficient (Wildman–Crippen LogP) is 4.57. The maximum atomic E-state index is 14.0. The molecule has 1 amide bonds. The van der Waals surface area contributed by atoms with Gasteiger partial charge in [-0.25, -0.2) is 4.98 Å². The molecule has 33 heavy (non-hydrogen) atoms. The Labute approximate surface area is 190 Å². The third-order valence-electron chi connectivity index (χ3n) is 5.53. The minimum atomic E-state index is -0.621. The van der Waals surface area contributed by atoms with Gasteiger partial charge in [-0.3, -0.25) is 4.79 Å². The van der Waals surface area contributed by atoms with Crippen LogP contribution in [-0.4, -0.2) is 30.2 Å². The van der Waals surface area contributed by atoms with E-state index in [4.69, 9.17) is 13.9 Å². The van der Waals surface area contributed by atoms with Crippen LogP contribution < -0.4 is 14.8 Å². The van der Waals surface area contributed by atoms with Gasteiger partial charge in [-0.1, -0.05) is 0 Å². The molecule has 0 aliphatic heterocycles. The molecule has 7 nitrogen and oxygen atoms in total. The summed E-state index contributed by atoms with van der Waals surface area (Å²) in [7, 11) is 2.90. The second kappa shape index (κ2) is 9.20. The number of phenols is 1. The molecule has 4 rings (SSSR count). The lowest BCUT2D eigenvalue weighted by Crippen LogP contribution is -2.22. The van der Waals surface area contributed by atoms with Gasteiger partial charge in [-0.15, -0.1) is 0 Å². The van der Waals surface area contributed by atoms with Crippen LogP contribution in [-0.2, 0) is 11.3 Å². The van der Waals surface area contributed by atoms with Gasteiger partial charge >= 0.3 is 0 Å². The van der Waals surface area contributed by atoms with Gasteiger partial charge in [0.2, 0.25) is 17.6 Å². The van der Waals surface area contributed by atoms with E-state index in [1.807, 2.05) is 13.0 Å². The number of ether oxygens (including phenoxy) is 2. The molecule has 0 saturated heterocycles. The maximum absolute atomic E-state index is 14.0. The molecule has 3 aromatic rings. The van der Waals surface area contributed by atoms with E-state index in [1.165, 1.54) is 26.5 Å². The van der Waals surface area contributed by atoms with Crippen molar-refractivity contribution in [2.45, 2.75) is 19.9 Å². The fourth-order valence-electron chi connectivity index (χ4n) is 3.86. The number of phenolic OH excluding ortho intramolecular Hbond substituents is 1. The highest BCUT2D eigenvalue weighted by molar-refractivity contribution is 6.08. The van der Waals surface area contributed by atoms with E-state index in [1.54, 1.807) is 30.5 Å². The van der Waals surface area contributed by atoms with Crippen molar-refractivity contribution in [3.05, 3.63) is 76.8 Å². The van der Waals surface area contributed by atoms with Crippen LogP contribution in [0.1, 0.15) is 35.8 Å². The first-order chi connectivity index (χ1) is 15.9. The Morgan fingerprint density at radius 3 is 2.58 bits per heavy atom. The predicted molar refractivity (Wildman–Crippen MR) is 121 cm³/mol. The number of methoxy groups -OCH3 is 2. The van der Waals surface area contributed by atoms with Crippen molar-refractivity contribution in [3.63, 3.8) is 0 Å². The molecular weight excluding hydrogens is 427 g/mol. The lowest BCUT2D eigenvalue weighted by molar-refractivity contribution is -0.120. The van der Waals surface area contributed by atoms with E-state index in [0.717, 1.165) is 11.1 Å². The zero-order valence-corrected chi connectivity index (χ0v) is 18.4. The second-order valence-electron chi connectivity index (χ2n) is 7.52. The van der Waals surface area contributed by atoms with Crippen LogP contribution >= 0.6 is 0 Å². The molecule has 1 aliphatic carbocycles. The molecule has 2 aromatic heterocycles. The summed E-state index contributed by atoms with van der Waals surface area (Å²) in [5.74, 6) is 0.236. The number of allylic oxidation sites excluding steroid dienone is 2. The molecule has 0 saturated carbocycles. The minimum Gasteiger partial charge on any atom is -0.502 e.